The van der Waals surface area contributed by atoms with E-state index in [-0.39, 0.29) is 15.7 Å². The normalized spacial score (nSPS) is 11.6. The number of nitrogens with zero attached hydrogens (tertiary/aromatic N) is 4. The van der Waals surface area contributed by atoms with Gasteiger partial charge in [0, 0.05) is 6.07 Å². The first kappa shape index (κ1) is 26.8. The van der Waals surface area contributed by atoms with E-state index < -0.39 is 26.5 Å². The van der Waals surface area contributed by atoms with Crippen molar-refractivity contribution in [3.05, 3.63) is 104 Å². The minimum atomic E-state index is -4.10. The van der Waals surface area contributed by atoms with Gasteiger partial charge in [0.05, 0.1) is 38.7 Å². The van der Waals surface area contributed by atoms with E-state index in [1.807, 2.05) is 13.0 Å². The highest BCUT2D eigenvalue weighted by molar-refractivity contribution is 7.92. The zero-order valence-electron chi connectivity index (χ0n) is 20.4. The number of aryl methyl sites for hydroxylation is 3. The summed E-state index contributed by atoms with van der Waals surface area (Å²) >= 11 is 6.43. The fraction of sp³-hybridized carbons (Fsp3) is 0.120. The van der Waals surface area contributed by atoms with E-state index >= 15 is 0 Å². The number of hydrogen-bond acceptors (Lipinski definition) is 7. The molecule has 0 bridgehead atoms. The first-order valence-electron chi connectivity index (χ1n) is 11.1. The average Bonchev–Trinajstić information content (AvgIpc) is 3.14. The number of nitro groups is 1. The molecule has 0 saturated heterocycles. The second-order valence-corrected chi connectivity index (χ2v) is 10.4. The molecular weight excluding hydrogens is 535 g/mol. The molecule has 0 aliphatic rings. The van der Waals surface area contributed by atoms with E-state index in [2.05, 4.69) is 20.3 Å². The van der Waals surface area contributed by atoms with Gasteiger partial charge in [0.15, 0.2) is 0 Å². The molecule has 0 amide bonds. The van der Waals surface area contributed by atoms with Crippen LogP contribution in [0.5, 0.6) is 0 Å². The Morgan fingerprint density at radius 1 is 1.05 bits per heavy atom. The predicted molar refractivity (Wildman–Crippen MR) is 144 cm³/mol. The van der Waals surface area contributed by atoms with Crippen molar-refractivity contribution in [2.75, 3.05) is 10.1 Å². The van der Waals surface area contributed by atoms with Gasteiger partial charge < -0.3 is 0 Å². The molecule has 0 fully saturated rings. The van der Waals surface area contributed by atoms with Crippen LogP contribution in [0.15, 0.2) is 70.7 Å². The van der Waals surface area contributed by atoms with Gasteiger partial charge in [-0.05, 0) is 68.8 Å². The van der Waals surface area contributed by atoms with Crippen LogP contribution in [-0.4, -0.2) is 29.3 Å². The van der Waals surface area contributed by atoms with Crippen LogP contribution < -0.4 is 10.1 Å². The predicted octanol–water partition coefficient (Wildman–Crippen LogP) is 5.75. The summed E-state index contributed by atoms with van der Waals surface area (Å²) in [6.07, 6.45) is 1.33. The summed E-state index contributed by atoms with van der Waals surface area (Å²) in [5.74, 6) is -0.402. The maximum Gasteiger partial charge on any atom is 0.295 e. The number of rotatable bonds is 8. The monoisotopic (exact) mass is 556 g/mol. The van der Waals surface area contributed by atoms with Gasteiger partial charge in [-0.15, -0.1) is 0 Å². The minimum absolute atomic E-state index is 0.0311. The zero-order valence-corrected chi connectivity index (χ0v) is 22.0. The second kappa shape index (κ2) is 10.6. The molecular formula is C25H22ClFN6O4S. The summed E-state index contributed by atoms with van der Waals surface area (Å²) in [5.41, 5.74) is 5.58. The van der Waals surface area contributed by atoms with E-state index in [4.69, 9.17) is 11.6 Å². The van der Waals surface area contributed by atoms with Crippen molar-refractivity contribution in [2.45, 2.75) is 25.7 Å². The highest BCUT2D eigenvalue weighted by Gasteiger charge is 2.22. The first-order chi connectivity index (χ1) is 18.0. The molecule has 0 radical (unpaired) electrons. The lowest BCUT2D eigenvalue weighted by Gasteiger charge is -2.12. The number of halogens is 2. The highest BCUT2D eigenvalue weighted by atomic mass is 35.5. The number of benzene rings is 3. The van der Waals surface area contributed by atoms with Gasteiger partial charge in [-0.1, -0.05) is 29.3 Å². The van der Waals surface area contributed by atoms with Gasteiger partial charge in [0.25, 0.3) is 15.7 Å². The number of sulfonamides is 1. The van der Waals surface area contributed by atoms with Crippen LogP contribution in [0, 0.1) is 36.7 Å². The van der Waals surface area contributed by atoms with Crippen molar-refractivity contribution in [1.29, 1.82) is 0 Å². The van der Waals surface area contributed by atoms with Gasteiger partial charge in [-0.25, -0.2) is 17.5 Å². The number of anilines is 2. The van der Waals surface area contributed by atoms with Crippen LogP contribution in [0.4, 0.5) is 21.5 Å². The standard InChI is InChI=1S/C25H22ClFN6O4S/c1-15-4-10-22(16(2)12-15)31-38(36,37)20-9-11-23(24(13-20)33(34)35)29-28-14-21-17(3)30-32(25(21)26)19-7-5-18(27)6-8-19/h4-14,29,31H,1-3H3. The van der Waals surface area contributed by atoms with Crippen molar-refractivity contribution in [1.82, 2.24) is 9.78 Å². The Labute approximate surface area is 223 Å². The molecule has 2 N–H and O–H groups in total. The van der Waals surface area contributed by atoms with Crippen molar-refractivity contribution >= 4 is 44.9 Å². The lowest BCUT2D eigenvalue weighted by atomic mass is 10.1. The Bertz CT molecular complexity index is 1670. The molecule has 3 aromatic carbocycles. The lowest BCUT2D eigenvalue weighted by molar-refractivity contribution is -0.384. The maximum absolute atomic E-state index is 13.2. The molecule has 4 aromatic rings. The Hall–Kier alpha value is -4.29. The Kier molecular flexibility index (Phi) is 7.46. The quantitative estimate of drug-likeness (QED) is 0.161. The smallest absolute Gasteiger partial charge is 0.279 e. The van der Waals surface area contributed by atoms with Crippen LogP contribution in [0.1, 0.15) is 22.4 Å². The zero-order chi connectivity index (χ0) is 27.6. The topological polar surface area (TPSA) is 132 Å². The Morgan fingerprint density at radius 2 is 1.74 bits per heavy atom. The number of hydrazone groups is 1. The largest absolute Gasteiger partial charge is 0.295 e. The van der Waals surface area contributed by atoms with Crippen LogP contribution in [0.3, 0.4) is 0 Å². The van der Waals surface area contributed by atoms with Crippen LogP contribution >= 0.6 is 11.6 Å². The van der Waals surface area contributed by atoms with Gasteiger partial charge in [0.1, 0.15) is 16.7 Å². The third-order valence-corrected chi connectivity index (χ3v) is 7.33. The van der Waals surface area contributed by atoms with Crippen molar-refractivity contribution < 1.29 is 17.7 Å². The van der Waals surface area contributed by atoms with E-state index in [0.717, 1.165) is 11.6 Å². The van der Waals surface area contributed by atoms with Gasteiger partial charge in [-0.2, -0.15) is 10.2 Å². The fourth-order valence-electron chi connectivity index (χ4n) is 3.63. The fourth-order valence-corrected chi connectivity index (χ4v) is 5.10. The molecule has 38 heavy (non-hydrogen) atoms. The van der Waals surface area contributed by atoms with E-state index in [0.29, 0.717) is 28.2 Å². The Morgan fingerprint density at radius 3 is 2.39 bits per heavy atom. The van der Waals surface area contributed by atoms with Gasteiger partial charge >= 0.3 is 0 Å². The van der Waals surface area contributed by atoms with Crippen molar-refractivity contribution in [2.24, 2.45) is 5.10 Å². The summed E-state index contributed by atoms with van der Waals surface area (Å²) in [5, 5.41) is 20.3. The molecule has 0 saturated carbocycles. The summed E-state index contributed by atoms with van der Waals surface area (Å²) < 4.78 is 42.9. The minimum Gasteiger partial charge on any atom is -0.279 e. The summed E-state index contributed by atoms with van der Waals surface area (Å²) in [4.78, 5) is 10.7. The molecule has 1 aromatic heterocycles. The van der Waals surface area contributed by atoms with Gasteiger partial charge in [-0.3, -0.25) is 20.3 Å². The SMILES string of the molecule is Cc1ccc(NS(=O)(=O)c2ccc(NN=Cc3c(C)nn(-c4ccc(F)cc4)c3Cl)c([N+](=O)[O-])c2)c(C)c1. The molecule has 0 unspecified atom stereocenters. The number of hydrogen-bond donors (Lipinski definition) is 2. The summed E-state index contributed by atoms with van der Waals surface area (Å²) in [6.45, 7) is 5.34. The highest BCUT2D eigenvalue weighted by Crippen LogP contribution is 2.29. The van der Waals surface area contributed by atoms with E-state index in [1.54, 1.807) is 26.0 Å². The van der Waals surface area contributed by atoms with Crippen LogP contribution in [0.2, 0.25) is 5.15 Å². The average molecular weight is 557 g/mol. The Balaban J connectivity index is 1.58. The van der Waals surface area contributed by atoms with Crippen molar-refractivity contribution in [3.63, 3.8) is 0 Å². The van der Waals surface area contributed by atoms with Gasteiger partial charge in [0.2, 0.25) is 0 Å². The molecule has 1 heterocycles. The molecule has 10 nitrogen and oxygen atoms in total. The summed E-state index contributed by atoms with van der Waals surface area (Å²) in [6, 6.07) is 14.2. The first-order valence-corrected chi connectivity index (χ1v) is 13.0. The molecule has 13 heteroatoms. The number of aromatic nitrogens is 2. The second-order valence-electron chi connectivity index (χ2n) is 8.41. The molecule has 0 aliphatic carbocycles. The number of nitro benzene ring substituents is 1. The van der Waals surface area contributed by atoms with Crippen molar-refractivity contribution in [3.8, 4) is 5.69 Å². The molecule has 0 atom stereocenters. The van der Waals surface area contributed by atoms with Crippen LogP contribution in [-0.2, 0) is 10.0 Å². The molecule has 0 spiro atoms. The lowest BCUT2D eigenvalue weighted by Crippen LogP contribution is -2.14. The van der Waals surface area contributed by atoms with Crippen LogP contribution in [0.25, 0.3) is 5.69 Å². The maximum atomic E-state index is 13.2. The third kappa shape index (κ3) is 5.66. The third-order valence-electron chi connectivity index (χ3n) is 5.60. The van der Waals surface area contributed by atoms with E-state index in [9.17, 15) is 22.9 Å². The summed E-state index contributed by atoms with van der Waals surface area (Å²) in [7, 11) is -4.10. The molecule has 196 valence electrons. The molecule has 0 aliphatic heterocycles. The van der Waals surface area contributed by atoms with E-state index in [1.165, 1.54) is 47.3 Å². The number of nitrogens with one attached hydrogen (secondary N) is 2. The molecule has 4 rings (SSSR count).